The first-order valence-corrected chi connectivity index (χ1v) is 7.35. The Labute approximate surface area is 123 Å². The van der Waals surface area contributed by atoms with Crippen LogP contribution in [0.3, 0.4) is 0 Å². The molecule has 2 rings (SSSR count). The van der Waals surface area contributed by atoms with Crippen molar-refractivity contribution in [3.05, 3.63) is 33.3 Å². The van der Waals surface area contributed by atoms with Gasteiger partial charge in [0.1, 0.15) is 0 Å². The maximum Gasteiger partial charge on any atom is 0.262 e. The summed E-state index contributed by atoms with van der Waals surface area (Å²) in [5.74, 6) is 0. The Morgan fingerprint density at radius 2 is 2.26 bits per heavy atom. The molecule has 2 aromatic rings. The van der Waals surface area contributed by atoms with Crippen LogP contribution in [-0.4, -0.2) is 35.1 Å². The van der Waals surface area contributed by atoms with E-state index in [1.54, 1.807) is 29.8 Å². The third-order valence-electron chi connectivity index (χ3n) is 2.76. The number of halogens is 1. The standard InChI is InChI=1S/C12H15BrN4OS/c1-7(17(2)3)16-12-15-6-10(19-12)8-4-9(13)11(18)14-5-8/h4-7H,1-3H3,(H,14,18)(H,15,16). The van der Waals surface area contributed by atoms with E-state index in [1.807, 2.05) is 14.1 Å². The highest BCUT2D eigenvalue weighted by molar-refractivity contribution is 9.10. The second-order valence-corrected chi connectivity index (χ2v) is 6.26. The van der Waals surface area contributed by atoms with Crippen LogP contribution in [-0.2, 0) is 0 Å². The minimum absolute atomic E-state index is 0.132. The van der Waals surface area contributed by atoms with Crippen molar-refractivity contribution in [3.63, 3.8) is 0 Å². The number of hydrogen-bond donors (Lipinski definition) is 2. The molecule has 19 heavy (non-hydrogen) atoms. The van der Waals surface area contributed by atoms with Crippen LogP contribution < -0.4 is 10.9 Å². The summed E-state index contributed by atoms with van der Waals surface area (Å²) >= 11 is 4.78. The quantitative estimate of drug-likeness (QED) is 0.838. The van der Waals surface area contributed by atoms with E-state index in [0.717, 1.165) is 15.6 Å². The van der Waals surface area contributed by atoms with Gasteiger partial charge in [0.15, 0.2) is 5.13 Å². The van der Waals surface area contributed by atoms with Gasteiger partial charge in [-0.3, -0.25) is 9.69 Å². The van der Waals surface area contributed by atoms with E-state index >= 15 is 0 Å². The van der Waals surface area contributed by atoms with Gasteiger partial charge in [-0.1, -0.05) is 11.3 Å². The minimum atomic E-state index is -0.132. The van der Waals surface area contributed by atoms with Crippen LogP contribution in [0.1, 0.15) is 6.92 Å². The average molecular weight is 343 g/mol. The van der Waals surface area contributed by atoms with Crippen molar-refractivity contribution >= 4 is 32.4 Å². The summed E-state index contributed by atoms with van der Waals surface area (Å²) in [7, 11) is 4.01. The summed E-state index contributed by atoms with van der Waals surface area (Å²) in [6.07, 6.45) is 3.70. The third-order valence-corrected chi connectivity index (χ3v) is 4.32. The second kappa shape index (κ2) is 5.85. The van der Waals surface area contributed by atoms with Gasteiger partial charge in [-0.05, 0) is 43.0 Å². The largest absolute Gasteiger partial charge is 0.346 e. The van der Waals surface area contributed by atoms with Gasteiger partial charge in [-0.25, -0.2) is 4.98 Å². The zero-order chi connectivity index (χ0) is 14.0. The zero-order valence-electron chi connectivity index (χ0n) is 10.9. The van der Waals surface area contributed by atoms with Crippen LogP contribution in [0, 0.1) is 0 Å². The van der Waals surface area contributed by atoms with Crippen LogP contribution >= 0.6 is 27.3 Å². The molecule has 1 atom stereocenters. The highest BCUT2D eigenvalue weighted by atomic mass is 79.9. The number of H-pyrrole nitrogens is 1. The molecule has 0 fully saturated rings. The lowest BCUT2D eigenvalue weighted by Gasteiger charge is -2.20. The molecule has 2 N–H and O–H groups in total. The maximum absolute atomic E-state index is 11.3. The van der Waals surface area contributed by atoms with E-state index < -0.39 is 0 Å². The Kier molecular flexibility index (Phi) is 4.38. The summed E-state index contributed by atoms with van der Waals surface area (Å²) in [4.78, 5) is 21.4. The Hall–Kier alpha value is -1.18. The smallest absolute Gasteiger partial charge is 0.262 e. The maximum atomic E-state index is 11.3. The van der Waals surface area contributed by atoms with Gasteiger partial charge in [0.25, 0.3) is 5.56 Å². The number of pyridine rings is 1. The molecule has 2 heterocycles. The fourth-order valence-electron chi connectivity index (χ4n) is 1.38. The molecule has 0 aliphatic rings. The van der Waals surface area contributed by atoms with Crippen LogP contribution in [0.2, 0.25) is 0 Å². The molecule has 0 aliphatic carbocycles. The van der Waals surface area contributed by atoms with E-state index in [1.165, 1.54) is 0 Å². The normalized spacial score (nSPS) is 12.7. The monoisotopic (exact) mass is 342 g/mol. The van der Waals surface area contributed by atoms with E-state index in [2.05, 4.69) is 43.0 Å². The summed E-state index contributed by atoms with van der Waals surface area (Å²) in [5, 5.41) is 4.17. The van der Waals surface area contributed by atoms with Crippen molar-refractivity contribution in [1.82, 2.24) is 14.9 Å². The van der Waals surface area contributed by atoms with Crippen molar-refractivity contribution in [2.45, 2.75) is 13.1 Å². The van der Waals surface area contributed by atoms with E-state index in [4.69, 9.17) is 0 Å². The molecule has 0 saturated carbocycles. The van der Waals surface area contributed by atoms with Crippen molar-refractivity contribution in [2.75, 3.05) is 19.4 Å². The highest BCUT2D eigenvalue weighted by Gasteiger charge is 2.09. The SMILES string of the molecule is CC(Nc1ncc(-c2c[nH]c(=O)c(Br)c2)s1)N(C)C. The van der Waals surface area contributed by atoms with E-state index in [9.17, 15) is 4.79 Å². The fraction of sp³-hybridized carbons (Fsp3) is 0.333. The van der Waals surface area contributed by atoms with Crippen LogP contribution in [0.15, 0.2) is 27.7 Å². The first-order valence-electron chi connectivity index (χ1n) is 5.75. The molecule has 0 spiro atoms. The highest BCUT2D eigenvalue weighted by Crippen LogP contribution is 2.29. The van der Waals surface area contributed by atoms with Crippen molar-refractivity contribution in [3.8, 4) is 10.4 Å². The second-order valence-electron chi connectivity index (χ2n) is 4.38. The lowest BCUT2D eigenvalue weighted by atomic mass is 10.2. The Morgan fingerprint density at radius 1 is 1.53 bits per heavy atom. The molecule has 2 aromatic heterocycles. The first-order chi connectivity index (χ1) is 8.97. The molecule has 0 radical (unpaired) electrons. The van der Waals surface area contributed by atoms with Gasteiger partial charge in [0.2, 0.25) is 0 Å². The van der Waals surface area contributed by atoms with Gasteiger partial charge < -0.3 is 10.3 Å². The lowest BCUT2D eigenvalue weighted by molar-refractivity contribution is 0.343. The van der Waals surface area contributed by atoms with Gasteiger partial charge in [0, 0.05) is 18.0 Å². The average Bonchev–Trinajstić information content (AvgIpc) is 2.81. The first kappa shape index (κ1) is 14.2. The summed E-state index contributed by atoms with van der Waals surface area (Å²) in [6.45, 7) is 2.07. The number of aromatic nitrogens is 2. The molecular formula is C12H15BrN4OS. The number of nitrogens with one attached hydrogen (secondary N) is 2. The molecule has 0 aliphatic heterocycles. The molecule has 0 bridgehead atoms. The predicted molar refractivity (Wildman–Crippen MR) is 82.6 cm³/mol. The van der Waals surface area contributed by atoms with Crippen LogP contribution in [0.25, 0.3) is 10.4 Å². The predicted octanol–water partition coefficient (Wildman–Crippen LogP) is 2.58. The molecular weight excluding hydrogens is 328 g/mol. The Bertz CT molecular complexity index is 622. The number of aromatic amines is 1. The van der Waals surface area contributed by atoms with Gasteiger partial charge in [0.05, 0.1) is 15.5 Å². The third kappa shape index (κ3) is 3.43. The number of hydrogen-bond acceptors (Lipinski definition) is 5. The van der Waals surface area contributed by atoms with Crippen LogP contribution in [0.4, 0.5) is 5.13 Å². The summed E-state index contributed by atoms with van der Waals surface area (Å²) in [5.41, 5.74) is 0.808. The minimum Gasteiger partial charge on any atom is -0.346 e. The van der Waals surface area contributed by atoms with Crippen molar-refractivity contribution in [2.24, 2.45) is 0 Å². The number of rotatable bonds is 4. The molecule has 102 valence electrons. The fourth-order valence-corrected chi connectivity index (χ4v) is 2.63. The summed E-state index contributed by atoms with van der Waals surface area (Å²) in [6, 6.07) is 1.80. The molecule has 1 unspecified atom stereocenters. The zero-order valence-corrected chi connectivity index (χ0v) is 13.3. The van der Waals surface area contributed by atoms with E-state index in [0.29, 0.717) is 4.47 Å². The van der Waals surface area contributed by atoms with E-state index in [-0.39, 0.29) is 11.7 Å². The topological polar surface area (TPSA) is 61.0 Å². The number of thiazole rings is 1. The number of anilines is 1. The molecule has 0 aromatic carbocycles. The van der Waals surface area contributed by atoms with Crippen LogP contribution in [0.5, 0.6) is 0 Å². The molecule has 5 nitrogen and oxygen atoms in total. The van der Waals surface area contributed by atoms with Gasteiger partial charge in [-0.2, -0.15) is 0 Å². The van der Waals surface area contributed by atoms with Crippen molar-refractivity contribution in [1.29, 1.82) is 0 Å². The molecule has 0 amide bonds. The van der Waals surface area contributed by atoms with Gasteiger partial charge >= 0.3 is 0 Å². The van der Waals surface area contributed by atoms with Gasteiger partial charge in [-0.15, -0.1) is 0 Å². The van der Waals surface area contributed by atoms with Crippen molar-refractivity contribution < 1.29 is 0 Å². The Morgan fingerprint density at radius 3 is 2.89 bits per heavy atom. The lowest BCUT2D eigenvalue weighted by Crippen LogP contribution is -2.31. The Balaban J connectivity index is 2.21. The molecule has 7 heteroatoms. The molecule has 0 saturated heterocycles. The summed E-state index contributed by atoms with van der Waals surface area (Å²) < 4.78 is 0.523. The number of nitrogens with zero attached hydrogens (tertiary/aromatic N) is 2.